The number of nitro groups is 1. The minimum atomic E-state index is -0.708. The van der Waals surface area contributed by atoms with Crippen LogP contribution in [0.4, 0.5) is 5.69 Å². The second kappa shape index (κ2) is 4.89. The zero-order chi connectivity index (χ0) is 14.0. The first-order valence-corrected chi connectivity index (χ1v) is 5.56. The maximum Gasteiger partial charge on any atom is 0.312 e. The van der Waals surface area contributed by atoms with Crippen LogP contribution in [0.25, 0.3) is 11.1 Å². The second-order valence-corrected chi connectivity index (χ2v) is 4.17. The van der Waals surface area contributed by atoms with Crippen molar-refractivity contribution in [1.29, 1.82) is 0 Å². The van der Waals surface area contributed by atoms with E-state index in [2.05, 4.69) is 0 Å². The molecule has 19 heavy (non-hydrogen) atoms. The number of rotatable bonds is 3. The van der Waals surface area contributed by atoms with E-state index in [0.717, 1.165) is 11.1 Å². The summed E-state index contributed by atoms with van der Waals surface area (Å²) >= 11 is 0. The maximum absolute atomic E-state index is 10.9. The number of nitro benzene ring substituents is 1. The lowest BCUT2D eigenvalue weighted by Crippen LogP contribution is -1.93. The highest BCUT2D eigenvalue weighted by Crippen LogP contribution is 2.34. The van der Waals surface area contributed by atoms with Crippen LogP contribution < -0.4 is 0 Å². The maximum atomic E-state index is 10.9. The van der Waals surface area contributed by atoms with E-state index < -0.39 is 16.4 Å². The summed E-state index contributed by atoms with van der Waals surface area (Å²) in [6, 6.07) is 10.0. The van der Waals surface area contributed by atoms with Crippen LogP contribution in [0, 0.1) is 17.0 Å². The van der Waals surface area contributed by atoms with Crippen LogP contribution >= 0.6 is 0 Å². The van der Waals surface area contributed by atoms with Crippen LogP contribution in [-0.2, 0) is 0 Å². The fourth-order valence-corrected chi connectivity index (χ4v) is 1.78. The van der Waals surface area contributed by atoms with Crippen molar-refractivity contribution in [2.24, 2.45) is 0 Å². The molecule has 5 nitrogen and oxygen atoms in total. The summed E-state index contributed by atoms with van der Waals surface area (Å²) in [5, 5.41) is 20.5. The Morgan fingerprint density at radius 2 is 1.79 bits per heavy atom. The Hall–Kier alpha value is -2.69. The lowest BCUT2D eigenvalue weighted by atomic mass is 10.0. The van der Waals surface area contributed by atoms with Crippen LogP contribution in [0.3, 0.4) is 0 Å². The van der Waals surface area contributed by atoms with Gasteiger partial charge in [0.15, 0.2) is 6.29 Å². The highest BCUT2D eigenvalue weighted by molar-refractivity contribution is 5.86. The van der Waals surface area contributed by atoms with Gasteiger partial charge in [-0.2, -0.15) is 0 Å². The van der Waals surface area contributed by atoms with Crippen molar-refractivity contribution in [2.45, 2.75) is 6.92 Å². The number of phenols is 1. The number of aromatic hydroxyl groups is 1. The summed E-state index contributed by atoms with van der Waals surface area (Å²) in [6.07, 6.45) is 0.403. The van der Waals surface area contributed by atoms with Gasteiger partial charge in [0, 0.05) is 6.07 Å². The van der Waals surface area contributed by atoms with Crippen molar-refractivity contribution in [3.8, 4) is 16.9 Å². The zero-order valence-electron chi connectivity index (χ0n) is 10.2. The van der Waals surface area contributed by atoms with Gasteiger partial charge in [-0.25, -0.2) is 0 Å². The molecule has 2 rings (SSSR count). The van der Waals surface area contributed by atoms with Crippen molar-refractivity contribution in [1.82, 2.24) is 0 Å². The minimum Gasteiger partial charge on any atom is -0.502 e. The predicted octanol–water partition coefficient (Wildman–Crippen LogP) is 3.09. The predicted molar refractivity (Wildman–Crippen MR) is 70.3 cm³/mol. The van der Waals surface area contributed by atoms with Crippen LogP contribution in [0.2, 0.25) is 0 Å². The Balaban J connectivity index is 2.64. The van der Waals surface area contributed by atoms with E-state index in [0.29, 0.717) is 11.8 Å². The number of aryl methyl sites for hydroxylation is 1. The SMILES string of the molecule is Cc1ccc(-c2cc(C=O)c(O)c([N+](=O)[O-])c2)cc1. The van der Waals surface area contributed by atoms with Gasteiger partial charge >= 0.3 is 5.69 Å². The molecule has 0 heterocycles. The quantitative estimate of drug-likeness (QED) is 0.520. The number of hydrogen-bond acceptors (Lipinski definition) is 4. The Morgan fingerprint density at radius 1 is 1.16 bits per heavy atom. The first-order valence-electron chi connectivity index (χ1n) is 5.56. The summed E-state index contributed by atoms with van der Waals surface area (Å²) in [6.45, 7) is 1.93. The van der Waals surface area contributed by atoms with Crippen LogP contribution in [0.1, 0.15) is 15.9 Å². The summed E-state index contributed by atoms with van der Waals surface area (Å²) < 4.78 is 0. The molecule has 0 spiro atoms. The molecule has 0 bridgehead atoms. The topological polar surface area (TPSA) is 80.4 Å². The van der Waals surface area contributed by atoms with E-state index in [4.69, 9.17) is 0 Å². The van der Waals surface area contributed by atoms with Gasteiger partial charge in [-0.1, -0.05) is 29.8 Å². The van der Waals surface area contributed by atoms with Crippen molar-refractivity contribution >= 4 is 12.0 Å². The minimum absolute atomic E-state index is 0.0928. The summed E-state index contributed by atoms with van der Waals surface area (Å²) in [5.41, 5.74) is 1.76. The van der Waals surface area contributed by atoms with Crippen molar-refractivity contribution in [3.63, 3.8) is 0 Å². The molecule has 0 saturated carbocycles. The normalized spacial score (nSPS) is 10.2. The van der Waals surface area contributed by atoms with Crippen LogP contribution in [-0.4, -0.2) is 16.3 Å². The smallest absolute Gasteiger partial charge is 0.312 e. The Morgan fingerprint density at radius 3 is 2.32 bits per heavy atom. The molecular weight excluding hydrogens is 246 g/mol. The first-order chi connectivity index (χ1) is 9.02. The fourth-order valence-electron chi connectivity index (χ4n) is 1.78. The van der Waals surface area contributed by atoms with Crippen LogP contribution in [0.15, 0.2) is 36.4 Å². The fraction of sp³-hybridized carbons (Fsp3) is 0.0714. The lowest BCUT2D eigenvalue weighted by Gasteiger charge is -2.05. The molecule has 96 valence electrons. The molecule has 0 unspecified atom stereocenters. The Kier molecular flexibility index (Phi) is 3.29. The van der Waals surface area contributed by atoms with E-state index in [1.165, 1.54) is 12.1 Å². The summed E-state index contributed by atoms with van der Waals surface area (Å²) in [5.74, 6) is -0.601. The van der Waals surface area contributed by atoms with E-state index >= 15 is 0 Å². The third kappa shape index (κ3) is 2.44. The molecular formula is C14H11NO4. The largest absolute Gasteiger partial charge is 0.502 e. The molecule has 0 radical (unpaired) electrons. The summed E-state index contributed by atoms with van der Waals surface area (Å²) in [4.78, 5) is 21.0. The lowest BCUT2D eigenvalue weighted by molar-refractivity contribution is -0.385. The highest BCUT2D eigenvalue weighted by atomic mass is 16.6. The van der Waals surface area contributed by atoms with Gasteiger partial charge in [-0.15, -0.1) is 0 Å². The van der Waals surface area contributed by atoms with E-state index in [1.807, 2.05) is 19.1 Å². The number of phenolic OH excluding ortho intramolecular Hbond substituents is 1. The van der Waals surface area contributed by atoms with E-state index in [9.17, 15) is 20.0 Å². The third-order valence-corrected chi connectivity index (χ3v) is 2.83. The van der Waals surface area contributed by atoms with Gasteiger partial charge in [0.25, 0.3) is 0 Å². The third-order valence-electron chi connectivity index (χ3n) is 2.83. The average Bonchev–Trinajstić information content (AvgIpc) is 2.39. The van der Waals surface area contributed by atoms with Gasteiger partial charge in [0.05, 0.1) is 10.5 Å². The highest BCUT2D eigenvalue weighted by Gasteiger charge is 2.19. The molecule has 0 aromatic heterocycles. The van der Waals surface area contributed by atoms with Gasteiger partial charge < -0.3 is 5.11 Å². The van der Waals surface area contributed by atoms with Gasteiger partial charge in [-0.05, 0) is 24.1 Å². The average molecular weight is 257 g/mol. The van der Waals surface area contributed by atoms with Gasteiger partial charge in [-0.3, -0.25) is 14.9 Å². The molecule has 2 aromatic carbocycles. The molecule has 0 atom stereocenters. The van der Waals surface area contributed by atoms with Crippen LogP contribution in [0.5, 0.6) is 5.75 Å². The Bertz CT molecular complexity index is 647. The number of benzene rings is 2. The molecule has 5 heteroatoms. The molecule has 0 fully saturated rings. The van der Waals surface area contributed by atoms with Gasteiger partial charge in [0.2, 0.25) is 5.75 Å². The van der Waals surface area contributed by atoms with Gasteiger partial charge in [0.1, 0.15) is 0 Å². The summed E-state index contributed by atoms with van der Waals surface area (Å²) in [7, 11) is 0. The first kappa shape index (κ1) is 12.8. The molecule has 0 aliphatic heterocycles. The Labute approximate surface area is 109 Å². The van der Waals surface area contributed by atoms with Crippen molar-refractivity contribution in [2.75, 3.05) is 0 Å². The van der Waals surface area contributed by atoms with E-state index in [-0.39, 0.29) is 5.56 Å². The number of nitrogens with zero attached hydrogens (tertiary/aromatic N) is 1. The molecule has 0 amide bonds. The molecule has 0 saturated heterocycles. The van der Waals surface area contributed by atoms with Crippen molar-refractivity contribution < 1.29 is 14.8 Å². The molecule has 0 aliphatic carbocycles. The second-order valence-electron chi connectivity index (χ2n) is 4.17. The number of carbonyl (C=O) groups excluding carboxylic acids is 1. The number of hydrogen-bond donors (Lipinski definition) is 1. The number of carbonyl (C=O) groups is 1. The monoisotopic (exact) mass is 257 g/mol. The van der Waals surface area contributed by atoms with Crippen molar-refractivity contribution in [3.05, 3.63) is 57.6 Å². The standard InChI is InChI=1S/C14H11NO4/c1-9-2-4-10(5-3-9)11-6-12(8-16)14(17)13(7-11)15(18)19/h2-8,17H,1H3. The van der Waals surface area contributed by atoms with E-state index in [1.54, 1.807) is 12.1 Å². The molecule has 2 aromatic rings. The molecule has 1 N–H and O–H groups in total. The molecule has 0 aliphatic rings. The zero-order valence-corrected chi connectivity index (χ0v) is 10.2. The number of aldehydes is 1.